The molecule has 4 heteroatoms. The van der Waals surface area contributed by atoms with Crippen LogP contribution in [-0.4, -0.2) is 25.8 Å². The summed E-state index contributed by atoms with van der Waals surface area (Å²) in [5.41, 5.74) is 0.839. The van der Waals surface area contributed by atoms with Crippen molar-refractivity contribution >= 4 is 5.97 Å². The molecule has 1 aromatic rings. The van der Waals surface area contributed by atoms with Gasteiger partial charge in [-0.15, -0.1) is 0 Å². The second kappa shape index (κ2) is 5.27. The van der Waals surface area contributed by atoms with Gasteiger partial charge >= 0.3 is 5.97 Å². The lowest BCUT2D eigenvalue weighted by molar-refractivity contribution is 0.0423. The Hall–Kier alpha value is -1.42. The molecule has 1 aliphatic rings. The van der Waals surface area contributed by atoms with Crippen LogP contribution in [-0.2, 0) is 9.47 Å². The molecule has 1 saturated heterocycles. The van der Waals surface area contributed by atoms with E-state index >= 15 is 0 Å². The van der Waals surface area contributed by atoms with Crippen molar-refractivity contribution in [1.82, 2.24) is 0 Å². The summed E-state index contributed by atoms with van der Waals surface area (Å²) in [5, 5.41) is 0. The number of hydrogen-bond donors (Lipinski definition) is 0. The summed E-state index contributed by atoms with van der Waals surface area (Å²) in [4.78, 5) is 11.7. The Morgan fingerprint density at radius 2 is 2.41 bits per heavy atom. The van der Waals surface area contributed by atoms with Gasteiger partial charge in [0, 0.05) is 12.5 Å². The predicted molar refractivity (Wildman–Crippen MR) is 60.3 cm³/mol. The van der Waals surface area contributed by atoms with Crippen LogP contribution in [0.25, 0.3) is 0 Å². The van der Waals surface area contributed by atoms with Gasteiger partial charge in [-0.3, -0.25) is 0 Å². The van der Waals surface area contributed by atoms with E-state index < -0.39 is 11.8 Å². The number of benzene rings is 1. The summed E-state index contributed by atoms with van der Waals surface area (Å²) >= 11 is 0. The highest BCUT2D eigenvalue weighted by Gasteiger charge is 2.19. The van der Waals surface area contributed by atoms with Crippen LogP contribution >= 0.6 is 0 Å². The molecular formula is C13H15FO3. The molecule has 0 spiro atoms. The first-order valence-electron chi connectivity index (χ1n) is 5.68. The van der Waals surface area contributed by atoms with Gasteiger partial charge in [0.05, 0.1) is 18.8 Å². The van der Waals surface area contributed by atoms with Gasteiger partial charge < -0.3 is 9.47 Å². The Labute approximate surface area is 99.5 Å². The van der Waals surface area contributed by atoms with Crippen molar-refractivity contribution in [3.63, 3.8) is 0 Å². The number of hydrogen-bond acceptors (Lipinski definition) is 3. The molecule has 1 atom stereocenters. The van der Waals surface area contributed by atoms with Gasteiger partial charge in [0.2, 0.25) is 0 Å². The van der Waals surface area contributed by atoms with E-state index in [-0.39, 0.29) is 11.5 Å². The molecule has 1 aromatic carbocycles. The molecule has 0 saturated carbocycles. The third-order valence-electron chi connectivity index (χ3n) is 2.82. The zero-order valence-electron chi connectivity index (χ0n) is 9.74. The molecule has 0 aliphatic carbocycles. The van der Waals surface area contributed by atoms with Crippen LogP contribution < -0.4 is 0 Å². The van der Waals surface area contributed by atoms with Gasteiger partial charge in [-0.1, -0.05) is 11.6 Å². The maximum Gasteiger partial charge on any atom is 0.341 e. The lowest BCUT2D eigenvalue weighted by atomic mass is 10.1. The van der Waals surface area contributed by atoms with Crippen molar-refractivity contribution in [1.29, 1.82) is 0 Å². The van der Waals surface area contributed by atoms with Crippen molar-refractivity contribution < 1.29 is 18.7 Å². The number of halogens is 1. The van der Waals surface area contributed by atoms with Crippen molar-refractivity contribution in [2.45, 2.75) is 13.3 Å². The number of rotatable bonds is 3. The Balaban J connectivity index is 1.96. The smallest absolute Gasteiger partial charge is 0.341 e. The van der Waals surface area contributed by atoms with E-state index in [4.69, 9.17) is 9.47 Å². The largest absolute Gasteiger partial charge is 0.462 e. The molecule has 3 nitrogen and oxygen atoms in total. The van der Waals surface area contributed by atoms with Gasteiger partial charge in [-0.2, -0.15) is 0 Å². The van der Waals surface area contributed by atoms with Gasteiger partial charge in [0.15, 0.2) is 0 Å². The molecule has 2 rings (SSSR count). The van der Waals surface area contributed by atoms with E-state index in [0.717, 1.165) is 12.0 Å². The lowest BCUT2D eigenvalue weighted by Gasteiger charge is -2.09. The molecule has 1 fully saturated rings. The van der Waals surface area contributed by atoms with Crippen LogP contribution in [0.5, 0.6) is 0 Å². The van der Waals surface area contributed by atoms with Crippen molar-refractivity contribution in [3.05, 3.63) is 35.1 Å². The average molecular weight is 238 g/mol. The quantitative estimate of drug-likeness (QED) is 0.758. The Morgan fingerprint density at radius 3 is 3.12 bits per heavy atom. The minimum atomic E-state index is -0.599. The minimum Gasteiger partial charge on any atom is -0.462 e. The lowest BCUT2D eigenvalue weighted by Crippen LogP contribution is -2.15. The molecule has 0 N–H and O–H groups in total. The highest BCUT2D eigenvalue weighted by Crippen LogP contribution is 2.15. The second-order valence-electron chi connectivity index (χ2n) is 4.31. The van der Waals surface area contributed by atoms with Crippen molar-refractivity contribution in [2.24, 2.45) is 5.92 Å². The summed E-state index contributed by atoms with van der Waals surface area (Å²) in [5.74, 6) is -0.895. The molecule has 17 heavy (non-hydrogen) atoms. The molecule has 0 bridgehead atoms. The molecule has 0 aromatic heterocycles. The molecule has 1 heterocycles. The zero-order valence-corrected chi connectivity index (χ0v) is 9.74. The fourth-order valence-electron chi connectivity index (χ4n) is 1.78. The maximum atomic E-state index is 13.4. The third-order valence-corrected chi connectivity index (χ3v) is 2.82. The fourth-order valence-corrected chi connectivity index (χ4v) is 1.78. The molecule has 0 amide bonds. The number of carbonyl (C=O) groups is 1. The van der Waals surface area contributed by atoms with Crippen LogP contribution in [0.3, 0.4) is 0 Å². The molecule has 1 unspecified atom stereocenters. The zero-order chi connectivity index (χ0) is 12.3. The number of carbonyl (C=O) groups excluding carboxylic acids is 1. The first-order valence-corrected chi connectivity index (χ1v) is 5.68. The number of ether oxygens (including phenoxy) is 2. The third kappa shape index (κ3) is 3.03. The Morgan fingerprint density at radius 1 is 1.59 bits per heavy atom. The summed E-state index contributed by atoms with van der Waals surface area (Å²) < 4.78 is 23.7. The summed E-state index contributed by atoms with van der Waals surface area (Å²) in [6.07, 6.45) is 0.892. The first kappa shape index (κ1) is 12.0. The average Bonchev–Trinajstić information content (AvgIpc) is 2.82. The van der Waals surface area contributed by atoms with E-state index in [9.17, 15) is 9.18 Å². The van der Waals surface area contributed by atoms with Crippen molar-refractivity contribution in [3.8, 4) is 0 Å². The van der Waals surface area contributed by atoms with Crippen LogP contribution in [0, 0.1) is 18.7 Å². The van der Waals surface area contributed by atoms with E-state index in [0.29, 0.717) is 19.8 Å². The topological polar surface area (TPSA) is 35.5 Å². The molecular weight excluding hydrogens is 223 g/mol. The highest BCUT2D eigenvalue weighted by molar-refractivity contribution is 5.89. The number of esters is 1. The summed E-state index contributed by atoms with van der Waals surface area (Å²) in [6.45, 7) is 3.43. The molecule has 1 aliphatic heterocycles. The Kier molecular flexibility index (Phi) is 3.74. The SMILES string of the molecule is Cc1ccc(F)c(C(=O)OCC2CCOC2)c1. The van der Waals surface area contributed by atoms with Crippen molar-refractivity contribution in [2.75, 3.05) is 19.8 Å². The predicted octanol–water partition coefficient (Wildman–Crippen LogP) is 2.33. The van der Waals surface area contributed by atoms with E-state index in [1.807, 2.05) is 0 Å². The van der Waals surface area contributed by atoms with E-state index in [1.54, 1.807) is 13.0 Å². The fraction of sp³-hybridized carbons (Fsp3) is 0.462. The summed E-state index contributed by atoms with van der Waals surface area (Å²) in [7, 11) is 0. The monoisotopic (exact) mass is 238 g/mol. The van der Waals surface area contributed by atoms with Gasteiger partial charge in [-0.05, 0) is 25.5 Å². The molecule has 92 valence electrons. The highest BCUT2D eigenvalue weighted by atomic mass is 19.1. The standard InChI is InChI=1S/C13H15FO3/c1-9-2-3-12(14)11(6-9)13(15)17-8-10-4-5-16-7-10/h2-3,6,10H,4-5,7-8H2,1H3. The second-order valence-corrected chi connectivity index (χ2v) is 4.31. The van der Waals surface area contributed by atoms with Crippen LogP contribution in [0.2, 0.25) is 0 Å². The van der Waals surface area contributed by atoms with Crippen LogP contribution in [0.1, 0.15) is 22.3 Å². The maximum absolute atomic E-state index is 13.4. The van der Waals surface area contributed by atoms with Crippen LogP contribution in [0.15, 0.2) is 18.2 Å². The molecule has 0 radical (unpaired) electrons. The van der Waals surface area contributed by atoms with E-state index in [1.165, 1.54) is 12.1 Å². The summed E-state index contributed by atoms with van der Waals surface area (Å²) in [6, 6.07) is 4.41. The minimum absolute atomic E-state index is 0.00363. The van der Waals surface area contributed by atoms with Crippen LogP contribution in [0.4, 0.5) is 4.39 Å². The van der Waals surface area contributed by atoms with Gasteiger partial charge in [-0.25, -0.2) is 9.18 Å². The van der Waals surface area contributed by atoms with E-state index in [2.05, 4.69) is 0 Å². The number of aryl methyl sites for hydroxylation is 1. The van der Waals surface area contributed by atoms with Gasteiger partial charge in [0.25, 0.3) is 0 Å². The van der Waals surface area contributed by atoms with Gasteiger partial charge in [0.1, 0.15) is 5.82 Å². The normalized spacial score (nSPS) is 19.3. The first-order chi connectivity index (χ1) is 8.16. The Bertz CT molecular complexity index is 411.